The molecule has 4 heteroatoms. The van der Waals surface area contributed by atoms with E-state index in [1.807, 2.05) is 0 Å². The molecular weight excluding hydrogens is 232 g/mol. The minimum atomic E-state index is -1.02. The summed E-state index contributed by atoms with van der Waals surface area (Å²) in [6.07, 6.45) is 4.96. The third kappa shape index (κ3) is 3.13. The molecular formula is C14H20O4. The molecule has 1 aliphatic carbocycles. The van der Waals surface area contributed by atoms with Crippen LogP contribution in [0.3, 0.4) is 0 Å². The maximum Gasteiger partial charge on any atom is 0.372 e. The second kappa shape index (κ2) is 5.57. The summed E-state index contributed by atoms with van der Waals surface area (Å²) in [6, 6.07) is 1.75. The fourth-order valence-corrected chi connectivity index (χ4v) is 2.56. The van der Waals surface area contributed by atoms with Crippen molar-refractivity contribution >= 4 is 5.97 Å². The summed E-state index contributed by atoms with van der Waals surface area (Å²) in [5.74, 6) is 0.315. The zero-order chi connectivity index (χ0) is 13.1. The maximum atomic E-state index is 10.8. The topological polar surface area (TPSA) is 59.7 Å². The summed E-state index contributed by atoms with van der Waals surface area (Å²) in [7, 11) is 0. The number of carbonyl (C=O) groups is 1. The van der Waals surface area contributed by atoms with Gasteiger partial charge in [-0.25, -0.2) is 4.79 Å². The number of rotatable bonds is 4. The summed E-state index contributed by atoms with van der Waals surface area (Å²) in [4.78, 5) is 10.8. The largest absolute Gasteiger partial charge is 0.475 e. The summed E-state index contributed by atoms with van der Waals surface area (Å²) >= 11 is 0. The molecule has 0 amide bonds. The lowest BCUT2D eigenvalue weighted by Gasteiger charge is -2.26. The van der Waals surface area contributed by atoms with Gasteiger partial charge in [-0.2, -0.15) is 0 Å². The van der Waals surface area contributed by atoms with E-state index in [0.29, 0.717) is 17.9 Å². The van der Waals surface area contributed by atoms with Crippen LogP contribution in [-0.2, 0) is 11.3 Å². The number of carboxylic acids is 1. The van der Waals surface area contributed by atoms with Crippen molar-refractivity contribution in [2.24, 2.45) is 5.92 Å². The van der Waals surface area contributed by atoms with Crippen LogP contribution in [0.25, 0.3) is 0 Å². The van der Waals surface area contributed by atoms with E-state index in [9.17, 15) is 4.79 Å². The molecule has 2 unspecified atom stereocenters. The Labute approximate surface area is 107 Å². The fraction of sp³-hybridized carbons (Fsp3) is 0.643. The molecule has 0 radical (unpaired) electrons. The van der Waals surface area contributed by atoms with Gasteiger partial charge in [-0.15, -0.1) is 0 Å². The van der Waals surface area contributed by atoms with Gasteiger partial charge < -0.3 is 14.3 Å². The molecule has 1 aliphatic rings. The first-order chi connectivity index (χ1) is 8.56. The first-order valence-electron chi connectivity index (χ1n) is 6.50. The van der Waals surface area contributed by atoms with Crippen LogP contribution in [0.15, 0.2) is 10.5 Å². The third-order valence-corrected chi connectivity index (χ3v) is 3.51. The van der Waals surface area contributed by atoms with E-state index in [4.69, 9.17) is 14.3 Å². The van der Waals surface area contributed by atoms with E-state index in [1.165, 1.54) is 12.8 Å². The molecule has 0 spiro atoms. The van der Waals surface area contributed by atoms with Crippen LogP contribution >= 0.6 is 0 Å². The van der Waals surface area contributed by atoms with Crippen LogP contribution in [0, 0.1) is 12.8 Å². The van der Waals surface area contributed by atoms with E-state index in [-0.39, 0.29) is 11.9 Å². The molecule has 18 heavy (non-hydrogen) atoms. The SMILES string of the molecule is Cc1cc(COC2CCCC(C)C2)oc1C(=O)O. The highest BCUT2D eigenvalue weighted by Crippen LogP contribution is 2.26. The molecule has 4 nitrogen and oxygen atoms in total. The Morgan fingerprint density at radius 1 is 1.56 bits per heavy atom. The van der Waals surface area contributed by atoms with Crippen LogP contribution in [0.5, 0.6) is 0 Å². The molecule has 1 aromatic heterocycles. The zero-order valence-electron chi connectivity index (χ0n) is 10.9. The summed E-state index contributed by atoms with van der Waals surface area (Å²) in [5, 5.41) is 8.90. The highest BCUT2D eigenvalue weighted by molar-refractivity contribution is 5.86. The molecule has 0 aliphatic heterocycles. The van der Waals surface area contributed by atoms with Crippen molar-refractivity contribution in [3.63, 3.8) is 0 Å². The van der Waals surface area contributed by atoms with Crippen molar-refractivity contribution in [3.8, 4) is 0 Å². The Morgan fingerprint density at radius 2 is 2.33 bits per heavy atom. The Kier molecular flexibility index (Phi) is 4.07. The molecule has 1 N–H and O–H groups in total. The van der Waals surface area contributed by atoms with Gasteiger partial charge in [0.1, 0.15) is 12.4 Å². The molecule has 0 saturated heterocycles. The van der Waals surface area contributed by atoms with Gasteiger partial charge in [0, 0.05) is 5.56 Å². The minimum Gasteiger partial charge on any atom is -0.475 e. The fourth-order valence-electron chi connectivity index (χ4n) is 2.56. The second-order valence-electron chi connectivity index (χ2n) is 5.23. The monoisotopic (exact) mass is 252 g/mol. The minimum absolute atomic E-state index is 0.0191. The van der Waals surface area contributed by atoms with Crippen molar-refractivity contribution in [1.82, 2.24) is 0 Å². The van der Waals surface area contributed by atoms with Gasteiger partial charge in [-0.05, 0) is 31.7 Å². The Morgan fingerprint density at radius 3 is 2.94 bits per heavy atom. The lowest BCUT2D eigenvalue weighted by atomic mass is 9.89. The quantitative estimate of drug-likeness (QED) is 0.892. The second-order valence-corrected chi connectivity index (χ2v) is 5.23. The highest BCUT2D eigenvalue weighted by atomic mass is 16.5. The maximum absolute atomic E-state index is 10.8. The number of aryl methyl sites for hydroxylation is 1. The lowest BCUT2D eigenvalue weighted by molar-refractivity contribution is -0.00308. The Balaban J connectivity index is 1.90. The van der Waals surface area contributed by atoms with Gasteiger partial charge in [-0.3, -0.25) is 0 Å². The van der Waals surface area contributed by atoms with Gasteiger partial charge in [0.25, 0.3) is 0 Å². The van der Waals surface area contributed by atoms with Crippen LogP contribution in [0.4, 0.5) is 0 Å². The van der Waals surface area contributed by atoms with Gasteiger partial charge in [0.15, 0.2) is 0 Å². The normalized spacial score (nSPS) is 24.1. The van der Waals surface area contributed by atoms with E-state index in [2.05, 4.69) is 6.92 Å². The lowest BCUT2D eigenvalue weighted by Crippen LogP contribution is -2.21. The molecule has 1 aromatic rings. The molecule has 1 heterocycles. The molecule has 0 bridgehead atoms. The predicted molar refractivity (Wildman–Crippen MR) is 66.6 cm³/mol. The zero-order valence-corrected chi connectivity index (χ0v) is 10.9. The standard InChI is InChI=1S/C14H20O4/c1-9-4-3-5-11(6-9)17-8-12-7-10(2)13(18-12)14(15)16/h7,9,11H,3-6,8H2,1-2H3,(H,15,16). The Hall–Kier alpha value is -1.29. The number of hydrogen-bond acceptors (Lipinski definition) is 3. The van der Waals surface area contributed by atoms with Crippen molar-refractivity contribution in [1.29, 1.82) is 0 Å². The molecule has 100 valence electrons. The molecule has 1 fully saturated rings. The van der Waals surface area contributed by atoms with Gasteiger partial charge in [-0.1, -0.05) is 19.8 Å². The number of carboxylic acid groups (broad SMARTS) is 1. The molecule has 0 aromatic carbocycles. The first-order valence-corrected chi connectivity index (χ1v) is 6.50. The van der Waals surface area contributed by atoms with Crippen LogP contribution in [0.2, 0.25) is 0 Å². The Bertz CT molecular complexity index is 421. The van der Waals surface area contributed by atoms with E-state index in [0.717, 1.165) is 18.8 Å². The van der Waals surface area contributed by atoms with Crippen molar-refractivity contribution in [3.05, 3.63) is 23.2 Å². The first kappa shape index (κ1) is 13.1. The molecule has 2 rings (SSSR count). The summed E-state index contributed by atoms with van der Waals surface area (Å²) < 4.78 is 11.1. The highest BCUT2D eigenvalue weighted by Gasteiger charge is 2.20. The van der Waals surface area contributed by atoms with Crippen LogP contribution in [-0.4, -0.2) is 17.2 Å². The van der Waals surface area contributed by atoms with Crippen LogP contribution in [0.1, 0.15) is 54.5 Å². The van der Waals surface area contributed by atoms with E-state index < -0.39 is 5.97 Å². The third-order valence-electron chi connectivity index (χ3n) is 3.51. The molecule has 2 atom stereocenters. The number of furan rings is 1. The number of aromatic carboxylic acids is 1. The smallest absolute Gasteiger partial charge is 0.372 e. The van der Waals surface area contributed by atoms with Crippen LogP contribution < -0.4 is 0 Å². The van der Waals surface area contributed by atoms with Crippen molar-refractivity contribution < 1.29 is 19.1 Å². The number of ether oxygens (including phenoxy) is 1. The van der Waals surface area contributed by atoms with Crippen molar-refractivity contribution in [2.45, 2.75) is 52.2 Å². The predicted octanol–water partition coefficient (Wildman–Crippen LogP) is 3.38. The van der Waals surface area contributed by atoms with E-state index >= 15 is 0 Å². The average molecular weight is 252 g/mol. The summed E-state index contributed by atoms with van der Waals surface area (Å²) in [5.41, 5.74) is 0.651. The van der Waals surface area contributed by atoms with Crippen molar-refractivity contribution in [2.75, 3.05) is 0 Å². The van der Waals surface area contributed by atoms with Gasteiger partial charge in [0.05, 0.1) is 6.10 Å². The summed E-state index contributed by atoms with van der Waals surface area (Å²) in [6.45, 7) is 4.35. The van der Waals surface area contributed by atoms with Gasteiger partial charge in [0.2, 0.25) is 5.76 Å². The number of hydrogen-bond donors (Lipinski definition) is 1. The van der Waals surface area contributed by atoms with Gasteiger partial charge >= 0.3 is 5.97 Å². The van der Waals surface area contributed by atoms with E-state index in [1.54, 1.807) is 13.0 Å². The average Bonchev–Trinajstić information content (AvgIpc) is 2.68. The molecule has 1 saturated carbocycles.